The second kappa shape index (κ2) is 10.9. The van der Waals surface area contributed by atoms with Crippen molar-refractivity contribution in [2.45, 2.75) is 64.0 Å². The fourth-order valence-corrected chi connectivity index (χ4v) is 4.40. The average Bonchev–Trinajstić information content (AvgIpc) is 3.37. The Kier molecular flexibility index (Phi) is 9.27. The van der Waals surface area contributed by atoms with Gasteiger partial charge in [0.25, 0.3) is 0 Å². The molecule has 2 atom stereocenters. The number of likely N-dealkylation sites (tertiary alicyclic amines) is 2. The molecule has 1 saturated carbocycles. The van der Waals surface area contributed by atoms with E-state index in [1.807, 2.05) is 7.05 Å². The molecule has 25 heavy (non-hydrogen) atoms. The van der Waals surface area contributed by atoms with Gasteiger partial charge in [-0.3, -0.25) is 9.89 Å². The summed E-state index contributed by atoms with van der Waals surface area (Å²) in [5.74, 6) is 1.76. The number of aliphatic imine (C=N–C) groups is 1. The Morgan fingerprint density at radius 3 is 2.64 bits per heavy atom. The van der Waals surface area contributed by atoms with Crippen LogP contribution in [0.3, 0.4) is 0 Å². The summed E-state index contributed by atoms with van der Waals surface area (Å²) < 4.78 is 0. The van der Waals surface area contributed by atoms with Gasteiger partial charge >= 0.3 is 0 Å². The summed E-state index contributed by atoms with van der Waals surface area (Å²) in [5.41, 5.74) is 0. The van der Waals surface area contributed by atoms with E-state index in [1.54, 1.807) is 0 Å². The van der Waals surface area contributed by atoms with Crippen LogP contribution in [0.1, 0.15) is 51.9 Å². The monoisotopic (exact) mass is 463 g/mol. The number of rotatable bonds is 7. The molecule has 3 aliphatic rings. The summed E-state index contributed by atoms with van der Waals surface area (Å²) in [7, 11) is 1.89. The number of nitrogens with one attached hydrogen (secondary N) is 2. The number of hydrogen-bond acceptors (Lipinski definition) is 3. The molecule has 2 N–H and O–H groups in total. The van der Waals surface area contributed by atoms with Gasteiger partial charge < -0.3 is 15.5 Å². The van der Waals surface area contributed by atoms with Crippen LogP contribution >= 0.6 is 24.0 Å². The molecule has 5 nitrogen and oxygen atoms in total. The summed E-state index contributed by atoms with van der Waals surface area (Å²) in [4.78, 5) is 9.74. The third-order valence-corrected chi connectivity index (χ3v) is 6.07. The predicted molar refractivity (Wildman–Crippen MR) is 117 cm³/mol. The topological polar surface area (TPSA) is 42.9 Å². The van der Waals surface area contributed by atoms with E-state index in [0.717, 1.165) is 43.6 Å². The van der Waals surface area contributed by atoms with Crippen molar-refractivity contribution in [2.75, 3.05) is 46.3 Å². The van der Waals surface area contributed by atoms with Crippen LogP contribution in [0.25, 0.3) is 0 Å². The molecule has 2 saturated heterocycles. The van der Waals surface area contributed by atoms with Gasteiger partial charge in [-0.15, -0.1) is 24.0 Å². The number of guanidine groups is 1. The molecule has 0 spiro atoms. The summed E-state index contributed by atoms with van der Waals surface area (Å²) >= 11 is 0. The Labute approximate surface area is 171 Å². The molecule has 0 aromatic heterocycles. The lowest BCUT2D eigenvalue weighted by Gasteiger charge is -2.35. The highest BCUT2D eigenvalue weighted by Gasteiger charge is 2.34. The summed E-state index contributed by atoms with van der Waals surface area (Å²) in [6.45, 7) is 9.36. The second-order valence-corrected chi connectivity index (χ2v) is 7.85. The van der Waals surface area contributed by atoms with Gasteiger partial charge in [-0.25, -0.2) is 0 Å². The van der Waals surface area contributed by atoms with E-state index in [4.69, 9.17) is 0 Å². The molecule has 146 valence electrons. The second-order valence-electron chi connectivity index (χ2n) is 7.85. The van der Waals surface area contributed by atoms with Gasteiger partial charge in [0.15, 0.2) is 5.96 Å². The highest BCUT2D eigenvalue weighted by atomic mass is 127. The van der Waals surface area contributed by atoms with Crippen LogP contribution in [0.2, 0.25) is 0 Å². The van der Waals surface area contributed by atoms with Gasteiger partial charge in [0.1, 0.15) is 0 Å². The summed E-state index contributed by atoms with van der Waals surface area (Å²) in [6.07, 6.45) is 9.63. The average molecular weight is 463 g/mol. The molecule has 0 radical (unpaired) electrons. The van der Waals surface area contributed by atoms with E-state index in [1.165, 1.54) is 64.6 Å². The van der Waals surface area contributed by atoms with E-state index < -0.39 is 0 Å². The maximum atomic E-state index is 4.40. The fraction of sp³-hybridized carbons (Fsp3) is 0.947. The Morgan fingerprint density at radius 2 is 1.92 bits per heavy atom. The van der Waals surface area contributed by atoms with Crippen molar-refractivity contribution >= 4 is 29.9 Å². The van der Waals surface area contributed by atoms with Crippen LogP contribution in [0.15, 0.2) is 4.99 Å². The van der Waals surface area contributed by atoms with E-state index in [0.29, 0.717) is 0 Å². The largest absolute Gasteiger partial charge is 0.356 e. The minimum absolute atomic E-state index is 0. The first-order valence-electron chi connectivity index (χ1n) is 10.2. The molecule has 0 aromatic carbocycles. The van der Waals surface area contributed by atoms with Crippen molar-refractivity contribution in [3.8, 4) is 0 Å². The first-order valence-corrected chi connectivity index (χ1v) is 10.2. The first kappa shape index (κ1) is 21.2. The van der Waals surface area contributed by atoms with Crippen LogP contribution in [0.4, 0.5) is 0 Å². The molecule has 1 aliphatic carbocycles. The van der Waals surface area contributed by atoms with Crippen LogP contribution in [0, 0.1) is 5.92 Å². The van der Waals surface area contributed by atoms with Gasteiger partial charge in [-0.2, -0.15) is 0 Å². The number of nitrogens with zero attached hydrogens (tertiary/aromatic N) is 3. The Hall–Kier alpha value is -0.0800. The SMILES string of the molecule is CCC1CCCCN1CCNC(=NC)NCC1CCN(C2CC2)C1.I. The lowest BCUT2D eigenvalue weighted by Crippen LogP contribution is -2.46. The van der Waals surface area contributed by atoms with Crippen molar-refractivity contribution in [2.24, 2.45) is 10.9 Å². The Morgan fingerprint density at radius 1 is 1.08 bits per heavy atom. The highest BCUT2D eigenvalue weighted by molar-refractivity contribution is 14.0. The van der Waals surface area contributed by atoms with Crippen LogP contribution in [-0.4, -0.2) is 74.2 Å². The third kappa shape index (κ3) is 6.54. The van der Waals surface area contributed by atoms with E-state index >= 15 is 0 Å². The zero-order valence-electron chi connectivity index (χ0n) is 16.2. The Bertz CT molecular complexity index is 413. The zero-order chi connectivity index (χ0) is 16.8. The predicted octanol–water partition coefficient (Wildman–Crippen LogP) is 2.52. The lowest BCUT2D eigenvalue weighted by molar-refractivity contribution is 0.147. The van der Waals surface area contributed by atoms with Gasteiger partial charge in [0.05, 0.1) is 0 Å². The van der Waals surface area contributed by atoms with E-state index in [9.17, 15) is 0 Å². The maximum Gasteiger partial charge on any atom is 0.191 e. The molecule has 2 heterocycles. The summed E-state index contributed by atoms with van der Waals surface area (Å²) in [5, 5.41) is 7.06. The molecule has 2 aliphatic heterocycles. The zero-order valence-corrected chi connectivity index (χ0v) is 18.5. The fourth-order valence-electron chi connectivity index (χ4n) is 4.40. The molecule has 0 bridgehead atoms. The van der Waals surface area contributed by atoms with Gasteiger partial charge in [-0.1, -0.05) is 13.3 Å². The van der Waals surface area contributed by atoms with Gasteiger partial charge in [0, 0.05) is 45.3 Å². The molecule has 0 aromatic rings. The van der Waals surface area contributed by atoms with Crippen LogP contribution < -0.4 is 10.6 Å². The maximum absolute atomic E-state index is 4.40. The standard InChI is InChI=1S/C19H37N5.HI/c1-3-17-6-4-5-11-23(17)13-10-21-19(20-2)22-14-16-9-12-24(15-16)18-7-8-18;/h16-18H,3-15H2,1-2H3,(H2,20,21,22);1H. The summed E-state index contributed by atoms with van der Waals surface area (Å²) in [6, 6.07) is 1.71. The first-order chi connectivity index (χ1) is 11.8. The molecule has 6 heteroatoms. The lowest BCUT2D eigenvalue weighted by atomic mass is 10.0. The number of piperidine rings is 1. The van der Waals surface area contributed by atoms with Crippen molar-refractivity contribution in [3.05, 3.63) is 0 Å². The smallest absolute Gasteiger partial charge is 0.191 e. The minimum Gasteiger partial charge on any atom is -0.356 e. The molecular weight excluding hydrogens is 425 g/mol. The van der Waals surface area contributed by atoms with Crippen molar-refractivity contribution in [3.63, 3.8) is 0 Å². The minimum atomic E-state index is 0. The van der Waals surface area contributed by atoms with E-state index in [2.05, 4.69) is 32.3 Å². The molecule has 2 unspecified atom stereocenters. The normalized spacial score (nSPS) is 28.6. The van der Waals surface area contributed by atoms with Gasteiger partial charge in [-0.05, 0) is 57.5 Å². The van der Waals surface area contributed by atoms with Crippen molar-refractivity contribution in [1.82, 2.24) is 20.4 Å². The van der Waals surface area contributed by atoms with Crippen molar-refractivity contribution in [1.29, 1.82) is 0 Å². The highest BCUT2D eigenvalue weighted by Crippen LogP contribution is 2.31. The third-order valence-electron chi connectivity index (χ3n) is 6.07. The number of halogens is 1. The molecule has 0 amide bonds. The Balaban J connectivity index is 0.00000225. The quantitative estimate of drug-likeness (QED) is 0.346. The van der Waals surface area contributed by atoms with Crippen LogP contribution in [-0.2, 0) is 0 Å². The van der Waals surface area contributed by atoms with E-state index in [-0.39, 0.29) is 24.0 Å². The van der Waals surface area contributed by atoms with Gasteiger partial charge in [0.2, 0.25) is 0 Å². The molecular formula is C19H38IN5. The molecule has 3 rings (SSSR count). The molecule has 3 fully saturated rings. The van der Waals surface area contributed by atoms with Crippen molar-refractivity contribution < 1.29 is 0 Å². The van der Waals surface area contributed by atoms with Crippen LogP contribution in [0.5, 0.6) is 0 Å². The number of hydrogen-bond donors (Lipinski definition) is 2.